The Morgan fingerprint density at radius 3 is 2.56 bits per heavy atom. The van der Waals surface area contributed by atoms with E-state index in [1.54, 1.807) is 18.2 Å². The lowest BCUT2D eigenvalue weighted by molar-refractivity contribution is 0.355. The highest BCUT2D eigenvalue weighted by molar-refractivity contribution is 7.15. The summed E-state index contributed by atoms with van der Waals surface area (Å²) >= 11 is 2.72. The van der Waals surface area contributed by atoms with E-state index in [1.165, 1.54) is 36.9 Å². The predicted octanol–water partition coefficient (Wildman–Crippen LogP) is 1.90. The average molecular weight is 372 g/mol. The van der Waals surface area contributed by atoms with Crippen LogP contribution < -0.4 is 25.1 Å². The molecule has 0 atom stereocenters. The van der Waals surface area contributed by atoms with E-state index in [1.807, 2.05) is 17.5 Å². The molecular weight excluding hydrogens is 360 g/mol. The minimum absolute atomic E-state index is 0.313. The summed E-state index contributed by atoms with van der Waals surface area (Å²) in [4.78, 5) is 31.2. The Balaban J connectivity index is 2.09. The van der Waals surface area contributed by atoms with Crippen LogP contribution >= 0.6 is 22.7 Å². The highest BCUT2D eigenvalue weighted by Crippen LogP contribution is 2.30. The van der Waals surface area contributed by atoms with Crippen LogP contribution in [0.4, 0.5) is 0 Å². The zero-order valence-corrected chi connectivity index (χ0v) is 14.9. The van der Waals surface area contributed by atoms with Crippen LogP contribution in [0.15, 0.2) is 39.2 Å². The zero-order valence-electron chi connectivity index (χ0n) is 13.3. The quantitative estimate of drug-likeness (QED) is 0.549. The van der Waals surface area contributed by atoms with E-state index in [-0.39, 0.29) is 5.56 Å². The normalized spacial score (nSPS) is 12.2. The molecule has 4 aromatic rings. The molecule has 6 nitrogen and oxygen atoms in total. The summed E-state index contributed by atoms with van der Waals surface area (Å²) in [5, 5.41) is 2.24. The first-order valence-electron chi connectivity index (χ1n) is 7.29. The number of benzene rings is 1. The Morgan fingerprint density at radius 1 is 1.12 bits per heavy atom. The molecular formula is C17H12N2O4S2. The number of rotatable bonds is 3. The van der Waals surface area contributed by atoms with E-state index in [0.717, 1.165) is 9.28 Å². The van der Waals surface area contributed by atoms with Gasteiger partial charge in [0.2, 0.25) is 4.96 Å². The SMILES string of the molecule is COc1cc2nc3s/c(=C/c4cccs4)c(=O)n3c(=O)c2cc1OC. The number of fused-ring (bicyclic) bond motifs is 2. The maximum atomic E-state index is 12.8. The summed E-state index contributed by atoms with van der Waals surface area (Å²) in [6.07, 6.45) is 1.78. The van der Waals surface area contributed by atoms with E-state index >= 15 is 0 Å². The summed E-state index contributed by atoms with van der Waals surface area (Å²) in [6.45, 7) is 0. The van der Waals surface area contributed by atoms with Gasteiger partial charge in [0.25, 0.3) is 11.1 Å². The third-order valence-corrected chi connectivity index (χ3v) is 5.56. The number of hydrogen-bond donors (Lipinski definition) is 0. The van der Waals surface area contributed by atoms with E-state index in [2.05, 4.69) is 4.98 Å². The second kappa shape index (κ2) is 5.98. The van der Waals surface area contributed by atoms with Crippen LogP contribution in [0.1, 0.15) is 4.88 Å². The Hall–Kier alpha value is -2.71. The Labute approximate surface area is 149 Å². The van der Waals surface area contributed by atoms with Crippen molar-refractivity contribution in [2.75, 3.05) is 14.2 Å². The summed E-state index contributed by atoms with van der Waals surface area (Å²) in [5.74, 6) is 0.900. The van der Waals surface area contributed by atoms with Gasteiger partial charge in [0.05, 0.1) is 29.7 Å². The highest BCUT2D eigenvalue weighted by Gasteiger charge is 2.15. The molecule has 0 aliphatic carbocycles. The van der Waals surface area contributed by atoms with Gasteiger partial charge in [0.15, 0.2) is 11.5 Å². The van der Waals surface area contributed by atoms with Crippen molar-refractivity contribution in [2.45, 2.75) is 0 Å². The van der Waals surface area contributed by atoms with Crippen molar-refractivity contribution >= 4 is 44.6 Å². The number of aromatic nitrogens is 2. The lowest BCUT2D eigenvalue weighted by atomic mass is 10.2. The standard InChI is InChI=1S/C17H12N2O4S2/c1-22-12-7-10-11(8-13(12)23-2)18-17-19(15(10)20)16(21)14(25-17)6-9-4-3-5-24-9/h3-8H,1-2H3/b14-6+. The zero-order chi connectivity index (χ0) is 17.6. The van der Waals surface area contributed by atoms with Gasteiger partial charge in [-0.15, -0.1) is 11.3 Å². The van der Waals surface area contributed by atoms with Crippen molar-refractivity contribution in [3.8, 4) is 11.5 Å². The van der Waals surface area contributed by atoms with E-state index in [4.69, 9.17) is 9.47 Å². The fourth-order valence-corrected chi connectivity index (χ4v) is 4.28. The molecule has 0 saturated carbocycles. The van der Waals surface area contributed by atoms with Crippen LogP contribution in [0.5, 0.6) is 11.5 Å². The number of methoxy groups -OCH3 is 2. The van der Waals surface area contributed by atoms with Gasteiger partial charge >= 0.3 is 0 Å². The number of nitrogens with zero attached hydrogens (tertiary/aromatic N) is 2. The van der Waals surface area contributed by atoms with Gasteiger partial charge in [-0.1, -0.05) is 17.4 Å². The maximum Gasteiger partial charge on any atom is 0.277 e. The van der Waals surface area contributed by atoms with Gasteiger partial charge in [0.1, 0.15) is 0 Å². The molecule has 25 heavy (non-hydrogen) atoms. The van der Waals surface area contributed by atoms with Gasteiger partial charge in [-0.25, -0.2) is 9.38 Å². The Bertz CT molecular complexity index is 1260. The van der Waals surface area contributed by atoms with Crippen LogP contribution in [0.2, 0.25) is 0 Å². The summed E-state index contributed by atoms with van der Waals surface area (Å²) in [7, 11) is 3.01. The van der Waals surface area contributed by atoms with Crippen molar-refractivity contribution in [2.24, 2.45) is 0 Å². The molecule has 4 rings (SSSR count). The Kier molecular flexibility index (Phi) is 3.78. The van der Waals surface area contributed by atoms with Crippen LogP contribution in [0.25, 0.3) is 21.9 Å². The number of thiazole rings is 1. The van der Waals surface area contributed by atoms with Gasteiger partial charge in [-0.05, 0) is 23.6 Å². The van der Waals surface area contributed by atoms with Crippen LogP contribution in [-0.4, -0.2) is 23.6 Å². The molecule has 0 amide bonds. The second-order valence-electron chi connectivity index (χ2n) is 5.19. The first kappa shape index (κ1) is 15.8. The lowest BCUT2D eigenvalue weighted by Crippen LogP contribution is -2.31. The van der Waals surface area contributed by atoms with Crippen LogP contribution in [0, 0.1) is 0 Å². The van der Waals surface area contributed by atoms with Crippen molar-refractivity contribution in [3.05, 3.63) is 59.8 Å². The molecule has 0 aliphatic heterocycles. The molecule has 3 heterocycles. The number of ether oxygens (including phenoxy) is 2. The van der Waals surface area contributed by atoms with Gasteiger partial charge < -0.3 is 9.47 Å². The van der Waals surface area contributed by atoms with E-state index in [0.29, 0.717) is 31.9 Å². The molecule has 0 unspecified atom stereocenters. The smallest absolute Gasteiger partial charge is 0.277 e. The van der Waals surface area contributed by atoms with Gasteiger partial charge in [-0.3, -0.25) is 9.59 Å². The van der Waals surface area contributed by atoms with E-state index < -0.39 is 5.56 Å². The molecule has 0 aliphatic rings. The number of thiophene rings is 1. The monoisotopic (exact) mass is 372 g/mol. The maximum absolute atomic E-state index is 12.8. The largest absolute Gasteiger partial charge is 0.493 e. The molecule has 3 aromatic heterocycles. The third-order valence-electron chi connectivity index (χ3n) is 3.77. The molecule has 0 radical (unpaired) electrons. The molecule has 0 bridgehead atoms. The summed E-state index contributed by atoms with van der Waals surface area (Å²) in [5.41, 5.74) is -0.304. The van der Waals surface area contributed by atoms with Crippen molar-refractivity contribution in [1.82, 2.24) is 9.38 Å². The van der Waals surface area contributed by atoms with Crippen LogP contribution in [0.3, 0.4) is 0 Å². The van der Waals surface area contributed by atoms with Crippen molar-refractivity contribution in [3.63, 3.8) is 0 Å². The molecule has 0 spiro atoms. The third kappa shape index (κ3) is 2.50. The highest BCUT2D eigenvalue weighted by atomic mass is 32.1. The molecule has 0 N–H and O–H groups in total. The molecule has 126 valence electrons. The predicted molar refractivity (Wildman–Crippen MR) is 99.3 cm³/mol. The van der Waals surface area contributed by atoms with Crippen molar-refractivity contribution in [1.29, 1.82) is 0 Å². The fourth-order valence-electron chi connectivity index (χ4n) is 2.59. The molecule has 0 saturated heterocycles. The molecule has 8 heteroatoms. The van der Waals surface area contributed by atoms with Gasteiger partial charge in [0, 0.05) is 10.9 Å². The van der Waals surface area contributed by atoms with E-state index in [9.17, 15) is 9.59 Å². The number of hydrogen-bond acceptors (Lipinski definition) is 7. The summed E-state index contributed by atoms with van der Waals surface area (Å²) < 4.78 is 12.1. The second-order valence-corrected chi connectivity index (χ2v) is 7.18. The first-order chi connectivity index (χ1) is 12.1. The molecule has 1 aromatic carbocycles. The Morgan fingerprint density at radius 2 is 1.88 bits per heavy atom. The minimum Gasteiger partial charge on any atom is -0.493 e. The average Bonchev–Trinajstić information content (AvgIpc) is 3.23. The topological polar surface area (TPSA) is 69.9 Å². The fraction of sp³-hybridized carbons (Fsp3) is 0.118. The lowest BCUT2D eigenvalue weighted by Gasteiger charge is -2.08. The minimum atomic E-state index is -0.409. The first-order valence-corrected chi connectivity index (χ1v) is 8.98. The molecule has 0 fully saturated rings. The summed E-state index contributed by atoms with van der Waals surface area (Å²) in [6, 6.07) is 7.01. The van der Waals surface area contributed by atoms with Crippen LogP contribution in [-0.2, 0) is 0 Å². The van der Waals surface area contributed by atoms with Crippen molar-refractivity contribution < 1.29 is 9.47 Å². The van der Waals surface area contributed by atoms with Gasteiger partial charge in [-0.2, -0.15) is 0 Å².